The minimum Gasteiger partial charge on any atom is -0.321 e. The number of nitrogens with zero attached hydrogens (tertiary/aromatic N) is 2. The number of benzene rings is 2. The fraction of sp³-hybridized carbons (Fsp3) is 0.0556. The number of nitriles is 1. The van der Waals surface area contributed by atoms with Gasteiger partial charge in [0.1, 0.15) is 9.88 Å². The van der Waals surface area contributed by atoms with E-state index in [9.17, 15) is 4.79 Å². The number of nitrogens with one attached hydrogen (secondary N) is 1. The van der Waals surface area contributed by atoms with Crippen molar-refractivity contribution < 1.29 is 4.79 Å². The summed E-state index contributed by atoms with van der Waals surface area (Å²) in [5.41, 5.74) is 2.61. The lowest BCUT2D eigenvalue weighted by Gasteiger charge is -2.04. The third-order valence-corrected chi connectivity index (χ3v) is 4.76. The van der Waals surface area contributed by atoms with Crippen molar-refractivity contribution in [2.75, 3.05) is 5.32 Å². The molecule has 0 atom stereocenters. The first kappa shape index (κ1) is 16.2. The lowest BCUT2D eigenvalue weighted by atomic mass is 10.2. The van der Waals surface area contributed by atoms with Gasteiger partial charge in [0.05, 0.1) is 17.3 Å². The molecule has 1 heterocycles. The Balaban J connectivity index is 1.87. The van der Waals surface area contributed by atoms with Crippen molar-refractivity contribution in [2.45, 2.75) is 6.92 Å². The lowest BCUT2D eigenvalue weighted by molar-refractivity contribution is 0.103. The summed E-state index contributed by atoms with van der Waals surface area (Å²) in [6.07, 6.45) is 0. The van der Waals surface area contributed by atoms with Crippen LogP contribution >= 0.6 is 22.9 Å². The summed E-state index contributed by atoms with van der Waals surface area (Å²) in [5.74, 6) is -0.242. The number of carbonyl (C=O) groups is 1. The molecular weight excluding hydrogens is 342 g/mol. The Hall–Kier alpha value is -2.68. The number of anilines is 1. The van der Waals surface area contributed by atoms with Crippen LogP contribution in [0.2, 0.25) is 5.02 Å². The predicted molar refractivity (Wildman–Crippen MR) is 96.4 cm³/mol. The van der Waals surface area contributed by atoms with Crippen molar-refractivity contribution in [1.82, 2.24) is 4.98 Å². The summed E-state index contributed by atoms with van der Waals surface area (Å²) in [4.78, 5) is 17.5. The molecule has 0 fully saturated rings. The molecule has 3 rings (SSSR count). The molecule has 0 spiro atoms. The normalized spacial score (nSPS) is 10.2. The van der Waals surface area contributed by atoms with E-state index < -0.39 is 0 Å². The molecule has 0 unspecified atom stereocenters. The topological polar surface area (TPSA) is 65.8 Å². The molecule has 2 aromatic carbocycles. The first-order valence-corrected chi connectivity index (χ1v) is 8.31. The molecule has 0 aliphatic rings. The Morgan fingerprint density at radius 2 is 2.04 bits per heavy atom. The molecule has 0 saturated heterocycles. The van der Waals surface area contributed by atoms with Crippen LogP contribution in [0.3, 0.4) is 0 Å². The number of amides is 1. The van der Waals surface area contributed by atoms with Gasteiger partial charge in [0.25, 0.3) is 5.91 Å². The number of hydrogen-bond acceptors (Lipinski definition) is 4. The number of hydrogen-bond donors (Lipinski definition) is 1. The molecule has 6 heteroatoms. The van der Waals surface area contributed by atoms with Crippen LogP contribution in [0.15, 0.2) is 48.5 Å². The molecule has 118 valence electrons. The van der Waals surface area contributed by atoms with Gasteiger partial charge in [-0.2, -0.15) is 5.26 Å². The largest absolute Gasteiger partial charge is 0.321 e. The van der Waals surface area contributed by atoms with E-state index in [-0.39, 0.29) is 5.91 Å². The van der Waals surface area contributed by atoms with Gasteiger partial charge in [-0.25, -0.2) is 4.98 Å². The van der Waals surface area contributed by atoms with Crippen LogP contribution in [-0.4, -0.2) is 10.9 Å². The predicted octanol–water partition coefficient (Wildman–Crippen LogP) is 4.90. The molecule has 1 N–H and O–H groups in total. The molecule has 0 aliphatic carbocycles. The Morgan fingerprint density at radius 1 is 1.25 bits per heavy atom. The zero-order chi connectivity index (χ0) is 17.1. The second-order valence-corrected chi connectivity index (χ2v) is 6.53. The van der Waals surface area contributed by atoms with Crippen LogP contribution in [0.5, 0.6) is 0 Å². The zero-order valence-electron chi connectivity index (χ0n) is 12.7. The quantitative estimate of drug-likeness (QED) is 0.728. The van der Waals surface area contributed by atoms with E-state index >= 15 is 0 Å². The maximum Gasteiger partial charge on any atom is 0.267 e. The van der Waals surface area contributed by atoms with Crippen LogP contribution in [0.1, 0.15) is 20.9 Å². The highest BCUT2D eigenvalue weighted by Gasteiger charge is 2.16. The van der Waals surface area contributed by atoms with Crippen molar-refractivity contribution >= 4 is 34.5 Å². The minimum atomic E-state index is -0.242. The maximum atomic E-state index is 12.5. The average molecular weight is 354 g/mol. The first-order valence-electron chi connectivity index (χ1n) is 7.11. The Bertz CT molecular complexity index is 959. The van der Waals surface area contributed by atoms with Crippen LogP contribution in [0, 0.1) is 18.3 Å². The van der Waals surface area contributed by atoms with E-state index in [2.05, 4.69) is 10.3 Å². The van der Waals surface area contributed by atoms with Crippen molar-refractivity contribution in [2.24, 2.45) is 0 Å². The smallest absolute Gasteiger partial charge is 0.267 e. The fourth-order valence-electron chi connectivity index (χ4n) is 2.21. The van der Waals surface area contributed by atoms with E-state index in [1.54, 1.807) is 37.3 Å². The molecule has 0 bridgehead atoms. The summed E-state index contributed by atoms with van der Waals surface area (Å²) < 4.78 is 0. The van der Waals surface area contributed by atoms with Gasteiger partial charge in [0, 0.05) is 16.3 Å². The summed E-state index contributed by atoms with van der Waals surface area (Å²) >= 11 is 7.32. The Labute approximate surface area is 148 Å². The van der Waals surface area contributed by atoms with Gasteiger partial charge in [-0.15, -0.1) is 11.3 Å². The molecule has 0 aliphatic heterocycles. The van der Waals surface area contributed by atoms with E-state index in [4.69, 9.17) is 16.9 Å². The first-order chi connectivity index (χ1) is 11.6. The molecule has 0 radical (unpaired) electrons. The second-order valence-electron chi connectivity index (χ2n) is 5.09. The highest BCUT2D eigenvalue weighted by Crippen LogP contribution is 2.30. The van der Waals surface area contributed by atoms with Gasteiger partial charge in [-0.05, 0) is 37.3 Å². The average Bonchev–Trinajstić information content (AvgIpc) is 2.97. The van der Waals surface area contributed by atoms with Gasteiger partial charge in [-0.3, -0.25) is 4.79 Å². The molecule has 0 saturated carbocycles. The zero-order valence-corrected chi connectivity index (χ0v) is 14.3. The van der Waals surface area contributed by atoms with E-state index in [0.717, 1.165) is 10.6 Å². The number of thiazole rings is 1. The summed E-state index contributed by atoms with van der Waals surface area (Å²) in [5, 5.41) is 13.1. The number of halogens is 1. The highest BCUT2D eigenvalue weighted by molar-refractivity contribution is 7.17. The summed E-state index contributed by atoms with van der Waals surface area (Å²) in [6, 6.07) is 16.2. The summed E-state index contributed by atoms with van der Waals surface area (Å²) in [7, 11) is 0. The van der Waals surface area contributed by atoms with Crippen LogP contribution in [-0.2, 0) is 0 Å². The van der Waals surface area contributed by atoms with E-state index in [0.29, 0.717) is 26.8 Å². The second kappa shape index (κ2) is 6.83. The van der Waals surface area contributed by atoms with Crippen LogP contribution in [0.4, 0.5) is 5.69 Å². The van der Waals surface area contributed by atoms with Gasteiger partial charge in [0.15, 0.2) is 0 Å². The number of rotatable bonds is 3. The lowest BCUT2D eigenvalue weighted by Crippen LogP contribution is -2.11. The van der Waals surface area contributed by atoms with E-state index in [1.807, 2.05) is 24.3 Å². The van der Waals surface area contributed by atoms with Crippen LogP contribution in [0.25, 0.3) is 10.6 Å². The standard InChI is InChI=1S/C18H12ClN3OS/c1-11-16(17(23)22-15-7-2-4-12(8-15)10-20)24-18(21-11)13-5-3-6-14(19)9-13/h2-9H,1H3,(H,22,23). The number of carbonyl (C=O) groups excluding carboxylic acids is 1. The molecule has 1 aromatic heterocycles. The van der Waals surface area contributed by atoms with Crippen molar-refractivity contribution in [3.05, 3.63) is 69.7 Å². The van der Waals surface area contributed by atoms with Gasteiger partial charge < -0.3 is 5.32 Å². The SMILES string of the molecule is Cc1nc(-c2cccc(Cl)c2)sc1C(=O)Nc1cccc(C#N)c1. The van der Waals surface area contributed by atoms with Gasteiger partial charge >= 0.3 is 0 Å². The van der Waals surface area contributed by atoms with Crippen molar-refractivity contribution in [1.29, 1.82) is 5.26 Å². The third-order valence-electron chi connectivity index (χ3n) is 3.32. The summed E-state index contributed by atoms with van der Waals surface area (Å²) in [6.45, 7) is 1.80. The number of aromatic nitrogens is 1. The molecule has 3 aromatic rings. The molecule has 4 nitrogen and oxygen atoms in total. The monoisotopic (exact) mass is 353 g/mol. The minimum absolute atomic E-state index is 0.242. The third kappa shape index (κ3) is 3.46. The van der Waals surface area contributed by atoms with E-state index in [1.165, 1.54) is 11.3 Å². The Morgan fingerprint density at radius 3 is 2.79 bits per heavy atom. The van der Waals surface area contributed by atoms with Crippen LogP contribution < -0.4 is 5.32 Å². The molecular formula is C18H12ClN3OS. The van der Waals surface area contributed by atoms with Crippen molar-refractivity contribution in [3.8, 4) is 16.6 Å². The van der Waals surface area contributed by atoms with Crippen molar-refractivity contribution in [3.63, 3.8) is 0 Å². The Kier molecular flexibility index (Phi) is 4.61. The number of aryl methyl sites for hydroxylation is 1. The highest BCUT2D eigenvalue weighted by atomic mass is 35.5. The maximum absolute atomic E-state index is 12.5. The van der Waals surface area contributed by atoms with Gasteiger partial charge in [-0.1, -0.05) is 29.8 Å². The molecule has 24 heavy (non-hydrogen) atoms. The molecule has 1 amide bonds. The van der Waals surface area contributed by atoms with Gasteiger partial charge in [0.2, 0.25) is 0 Å². The fourth-order valence-corrected chi connectivity index (χ4v) is 3.35.